The summed E-state index contributed by atoms with van der Waals surface area (Å²) in [6.45, 7) is 1.29. The minimum absolute atomic E-state index is 0.555. The van der Waals surface area contributed by atoms with E-state index in [4.69, 9.17) is 23.2 Å². The van der Waals surface area contributed by atoms with Crippen molar-refractivity contribution in [1.29, 1.82) is 0 Å². The van der Waals surface area contributed by atoms with Crippen LogP contribution in [-0.2, 0) is 4.79 Å². The van der Waals surface area contributed by atoms with E-state index in [-0.39, 0.29) is 0 Å². The van der Waals surface area contributed by atoms with E-state index in [0.29, 0.717) is 0 Å². The summed E-state index contributed by atoms with van der Waals surface area (Å²) in [5, 5.41) is 2.22. The van der Waals surface area contributed by atoms with E-state index in [0.717, 1.165) is 0 Å². The standard InChI is InChI=1S/C5H9Cl2N3O2/c1-5(6,7)3(11)9-10-4(12)8-2/h1-2H3,(H,9,11)(H2,8,10,12). The zero-order chi connectivity index (χ0) is 9.78. The fourth-order valence-corrected chi connectivity index (χ4v) is 0.380. The van der Waals surface area contributed by atoms with Crippen LogP contribution >= 0.6 is 23.2 Å². The molecule has 12 heavy (non-hydrogen) atoms. The maximum absolute atomic E-state index is 10.9. The second-order valence-corrected chi connectivity index (χ2v) is 3.75. The molecular weight excluding hydrogens is 205 g/mol. The Hall–Kier alpha value is -0.680. The van der Waals surface area contributed by atoms with Gasteiger partial charge >= 0.3 is 6.03 Å². The number of amides is 3. The van der Waals surface area contributed by atoms with Crippen LogP contribution in [0.15, 0.2) is 0 Å². The van der Waals surface area contributed by atoms with Crippen molar-refractivity contribution in [1.82, 2.24) is 16.2 Å². The molecule has 0 aromatic carbocycles. The van der Waals surface area contributed by atoms with E-state index in [1.165, 1.54) is 14.0 Å². The number of halogens is 2. The number of carbonyl (C=O) groups excluding carboxylic acids is 2. The zero-order valence-corrected chi connectivity index (χ0v) is 8.08. The highest BCUT2D eigenvalue weighted by atomic mass is 35.5. The van der Waals surface area contributed by atoms with Crippen molar-refractivity contribution in [3.05, 3.63) is 0 Å². The summed E-state index contributed by atoms with van der Waals surface area (Å²) in [5.74, 6) is -0.700. The molecule has 70 valence electrons. The van der Waals surface area contributed by atoms with Gasteiger partial charge in [0.1, 0.15) is 0 Å². The molecule has 0 aliphatic heterocycles. The van der Waals surface area contributed by atoms with Crippen molar-refractivity contribution < 1.29 is 9.59 Å². The van der Waals surface area contributed by atoms with E-state index < -0.39 is 16.3 Å². The number of carbonyl (C=O) groups is 2. The third kappa shape index (κ3) is 4.25. The maximum Gasteiger partial charge on any atom is 0.333 e. The van der Waals surface area contributed by atoms with E-state index in [1.54, 1.807) is 0 Å². The SMILES string of the molecule is CNC(=O)NNC(=O)C(C)(Cl)Cl. The predicted octanol–water partition coefficient (Wildman–Crippen LogP) is 0.140. The smallest absolute Gasteiger partial charge is 0.333 e. The predicted molar refractivity (Wildman–Crippen MR) is 45.8 cm³/mol. The molecule has 0 aromatic rings. The Morgan fingerprint density at radius 2 is 1.75 bits per heavy atom. The van der Waals surface area contributed by atoms with Crippen LogP contribution in [0, 0.1) is 0 Å². The number of hydrogen-bond acceptors (Lipinski definition) is 2. The molecule has 7 heteroatoms. The van der Waals surface area contributed by atoms with E-state index >= 15 is 0 Å². The highest BCUT2D eigenvalue weighted by Gasteiger charge is 2.27. The Morgan fingerprint density at radius 3 is 2.08 bits per heavy atom. The topological polar surface area (TPSA) is 70.2 Å². The van der Waals surface area contributed by atoms with E-state index in [2.05, 4.69) is 5.32 Å². The van der Waals surface area contributed by atoms with Gasteiger partial charge in [-0.25, -0.2) is 10.2 Å². The molecule has 0 spiro atoms. The van der Waals surface area contributed by atoms with Crippen molar-refractivity contribution in [2.24, 2.45) is 0 Å². The van der Waals surface area contributed by atoms with Gasteiger partial charge in [-0.2, -0.15) is 0 Å². The average molecular weight is 214 g/mol. The van der Waals surface area contributed by atoms with E-state index in [1.807, 2.05) is 10.9 Å². The Morgan fingerprint density at radius 1 is 1.25 bits per heavy atom. The van der Waals surface area contributed by atoms with Gasteiger partial charge in [-0.1, -0.05) is 23.2 Å². The lowest BCUT2D eigenvalue weighted by Crippen LogP contribution is -2.50. The molecule has 0 heterocycles. The Bertz CT molecular complexity index is 190. The van der Waals surface area contributed by atoms with Gasteiger partial charge < -0.3 is 5.32 Å². The Labute approximate surface area is 79.7 Å². The normalized spacial score (nSPS) is 10.3. The van der Waals surface area contributed by atoms with Crippen LogP contribution in [-0.4, -0.2) is 23.3 Å². The van der Waals surface area contributed by atoms with Crippen LogP contribution in [0.3, 0.4) is 0 Å². The largest absolute Gasteiger partial charge is 0.340 e. The van der Waals surface area contributed by atoms with Crippen molar-refractivity contribution in [3.8, 4) is 0 Å². The summed E-state index contributed by atoms with van der Waals surface area (Å²) in [6, 6.07) is -0.555. The summed E-state index contributed by atoms with van der Waals surface area (Å²) in [6.07, 6.45) is 0. The van der Waals surface area contributed by atoms with Gasteiger partial charge in [0, 0.05) is 7.05 Å². The monoisotopic (exact) mass is 213 g/mol. The molecule has 0 unspecified atom stereocenters. The molecule has 0 fully saturated rings. The molecule has 0 saturated carbocycles. The highest BCUT2D eigenvalue weighted by Crippen LogP contribution is 2.18. The van der Waals surface area contributed by atoms with Crippen LogP contribution in [0.25, 0.3) is 0 Å². The number of hydrazine groups is 1. The number of hydrogen-bond donors (Lipinski definition) is 3. The fourth-order valence-electron chi connectivity index (χ4n) is 0.286. The summed E-state index contributed by atoms with van der Waals surface area (Å²) in [7, 11) is 1.40. The quantitative estimate of drug-likeness (QED) is 0.429. The maximum atomic E-state index is 10.9. The molecule has 0 aliphatic rings. The summed E-state index contributed by atoms with van der Waals surface area (Å²) in [5.41, 5.74) is 4.03. The number of alkyl halides is 2. The third-order valence-corrected chi connectivity index (χ3v) is 1.26. The minimum Gasteiger partial charge on any atom is -0.340 e. The zero-order valence-electron chi connectivity index (χ0n) is 6.57. The number of rotatable bonds is 1. The van der Waals surface area contributed by atoms with Crippen LogP contribution in [0.5, 0.6) is 0 Å². The van der Waals surface area contributed by atoms with Gasteiger partial charge in [-0.3, -0.25) is 10.2 Å². The van der Waals surface area contributed by atoms with Gasteiger partial charge in [-0.15, -0.1) is 0 Å². The molecule has 0 rings (SSSR count). The van der Waals surface area contributed by atoms with Crippen molar-refractivity contribution in [2.45, 2.75) is 11.3 Å². The first-order chi connectivity index (χ1) is 5.38. The van der Waals surface area contributed by atoms with Crippen LogP contribution in [0.4, 0.5) is 4.79 Å². The molecular formula is C5H9Cl2N3O2. The second-order valence-electron chi connectivity index (χ2n) is 2.05. The summed E-state index contributed by atoms with van der Waals surface area (Å²) in [4.78, 5) is 21.4. The van der Waals surface area contributed by atoms with Crippen LogP contribution in [0.1, 0.15) is 6.92 Å². The van der Waals surface area contributed by atoms with E-state index in [9.17, 15) is 9.59 Å². The minimum atomic E-state index is -1.55. The van der Waals surface area contributed by atoms with Crippen LogP contribution in [0.2, 0.25) is 0 Å². The second kappa shape index (κ2) is 4.37. The molecule has 0 bridgehead atoms. The van der Waals surface area contributed by atoms with Crippen molar-refractivity contribution >= 4 is 35.1 Å². The molecule has 0 saturated heterocycles. The number of nitrogens with one attached hydrogen (secondary N) is 3. The highest BCUT2D eigenvalue weighted by molar-refractivity contribution is 6.57. The third-order valence-electron chi connectivity index (χ3n) is 0.915. The van der Waals surface area contributed by atoms with Crippen molar-refractivity contribution in [2.75, 3.05) is 7.05 Å². The molecule has 3 N–H and O–H groups in total. The molecule has 0 aliphatic carbocycles. The molecule has 0 atom stereocenters. The average Bonchev–Trinajstić information content (AvgIpc) is 1.97. The first-order valence-corrected chi connectivity index (χ1v) is 3.79. The summed E-state index contributed by atoms with van der Waals surface area (Å²) >= 11 is 10.8. The lowest BCUT2D eigenvalue weighted by Gasteiger charge is -2.13. The Balaban J connectivity index is 3.81. The lowest BCUT2D eigenvalue weighted by atomic mass is 10.4. The lowest BCUT2D eigenvalue weighted by molar-refractivity contribution is -0.122. The van der Waals surface area contributed by atoms with Crippen molar-refractivity contribution in [3.63, 3.8) is 0 Å². The van der Waals surface area contributed by atoms with Gasteiger partial charge in [0.05, 0.1) is 0 Å². The first-order valence-electron chi connectivity index (χ1n) is 3.04. The first kappa shape index (κ1) is 11.3. The van der Waals surface area contributed by atoms with Gasteiger partial charge in [0.15, 0.2) is 4.33 Å². The molecule has 5 nitrogen and oxygen atoms in total. The van der Waals surface area contributed by atoms with Gasteiger partial charge in [0.2, 0.25) is 0 Å². The fraction of sp³-hybridized carbons (Fsp3) is 0.600. The molecule has 3 amide bonds. The Kier molecular flexibility index (Phi) is 4.12. The van der Waals surface area contributed by atoms with Crippen LogP contribution < -0.4 is 16.2 Å². The van der Waals surface area contributed by atoms with Gasteiger partial charge in [-0.05, 0) is 6.92 Å². The number of urea groups is 1. The molecule has 0 radical (unpaired) electrons. The molecule has 0 aromatic heterocycles. The van der Waals surface area contributed by atoms with Gasteiger partial charge in [0.25, 0.3) is 5.91 Å². The summed E-state index contributed by atoms with van der Waals surface area (Å²) < 4.78 is -1.55.